The summed E-state index contributed by atoms with van der Waals surface area (Å²) >= 11 is 1.86. The Bertz CT molecular complexity index is 3250. The normalized spacial score (nSPS) is 11.4. The van der Waals surface area contributed by atoms with Gasteiger partial charge >= 0.3 is 0 Å². The third-order valence-electron chi connectivity index (χ3n) is 11.5. The Hall–Kier alpha value is -7.26. The quantitative estimate of drug-likeness (QED) is 0.157. The maximum absolute atomic E-state index is 2.41. The molecule has 0 aliphatic heterocycles. The van der Waals surface area contributed by atoms with Gasteiger partial charge in [-0.3, -0.25) is 0 Å². The Balaban J connectivity index is 1.01. The lowest BCUT2D eigenvalue weighted by Gasteiger charge is -2.28. The third-order valence-corrected chi connectivity index (χ3v) is 12.6. The molecule has 0 amide bonds. The predicted molar refractivity (Wildman–Crippen MR) is 251 cm³/mol. The second kappa shape index (κ2) is 14.4. The van der Waals surface area contributed by atoms with Gasteiger partial charge in [0, 0.05) is 37.1 Å². The van der Waals surface area contributed by atoms with E-state index >= 15 is 0 Å². The Morgan fingerprint density at radius 1 is 0.276 bits per heavy atom. The smallest absolute Gasteiger partial charge is 0.0540 e. The molecule has 1 aromatic heterocycles. The topological polar surface area (TPSA) is 3.24 Å². The fourth-order valence-corrected chi connectivity index (χ4v) is 9.84. The van der Waals surface area contributed by atoms with Crippen molar-refractivity contribution in [1.82, 2.24) is 0 Å². The van der Waals surface area contributed by atoms with Crippen molar-refractivity contribution in [3.63, 3.8) is 0 Å². The molecule has 1 heterocycles. The molecule has 0 spiro atoms. The van der Waals surface area contributed by atoms with Crippen LogP contribution in [0, 0.1) is 0 Å². The van der Waals surface area contributed by atoms with Gasteiger partial charge in [-0.15, -0.1) is 11.3 Å². The number of para-hydroxylation sites is 1. The fraction of sp³-hybridized carbons (Fsp3) is 0. The zero-order valence-corrected chi connectivity index (χ0v) is 32.5. The van der Waals surface area contributed by atoms with Gasteiger partial charge in [-0.1, -0.05) is 182 Å². The standard InChI is InChI=1S/C56H37NS/c1-3-16-46-40(12-1)14-9-20-47(46)42-28-26-38(27-29-42)39-30-34-44(35-31-39)57(53-23-7-5-18-51(53)50-22-10-15-41-13-2-4-17-48(41)50)45-36-32-43(33-37-45)49-21-11-25-55-56(49)52-19-6-8-24-54(52)58-55/h1-37H. The average molecular weight is 756 g/mol. The summed E-state index contributed by atoms with van der Waals surface area (Å²) in [6.07, 6.45) is 0. The molecular formula is C56H37NS. The van der Waals surface area contributed by atoms with Gasteiger partial charge in [0.25, 0.3) is 0 Å². The van der Waals surface area contributed by atoms with Crippen LogP contribution in [0.25, 0.3) is 86.2 Å². The van der Waals surface area contributed by atoms with E-state index in [1.807, 2.05) is 11.3 Å². The number of hydrogen-bond acceptors (Lipinski definition) is 2. The summed E-state index contributed by atoms with van der Waals surface area (Å²) < 4.78 is 2.64. The highest BCUT2D eigenvalue weighted by molar-refractivity contribution is 7.25. The average Bonchev–Trinajstić information content (AvgIpc) is 3.69. The molecule has 0 bridgehead atoms. The van der Waals surface area contributed by atoms with E-state index in [1.165, 1.54) is 86.2 Å². The van der Waals surface area contributed by atoms with Crippen molar-refractivity contribution in [2.45, 2.75) is 0 Å². The summed E-state index contributed by atoms with van der Waals surface area (Å²) in [5.41, 5.74) is 13.1. The second-order valence-corrected chi connectivity index (χ2v) is 15.9. The van der Waals surface area contributed by atoms with Crippen molar-refractivity contribution >= 4 is 70.1 Å². The van der Waals surface area contributed by atoms with Crippen LogP contribution in [0.5, 0.6) is 0 Å². The minimum atomic E-state index is 1.10. The van der Waals surface area contributed by atoms with Crippen LogP contribution < -0.4 is 4.90 Å². The zero-order valence-electron chi connectivity index (χ0n) is 31.7. The molecule has 0 N–H and O–H groups in total. The molecule has 0 unspecified atom stereocenters. The molecule has 0 fully saturated rings. The lowest BCUT2D eigenvalue weighted by Crippen LogP contribution is -2.11. The minimum Gasteiger partial charge on any atom is -0.310 e. The Labute approximate surface area is 342 Å². The summed E-state index contributed by atoms with van der Waals surface area (Å²) in [7, 11) is 0. The van der Waals surface area contributed by atoms with Gasteiger partial charge in [0.2, 0.25) is 0 Å². The van der Waals surface area contributed by atoms with Gasteiger partial charge in [0.05, 0.1) is 5.69 Å². The molecule has 10 aromatic carbocycles. The molecule has 0 aliphatic carbocycles. The van der Waals surface area contributed by atoms with Gasteiger partial charge in [-0.05, 0) is 103 Å². The molecule has 1 nitrogen and oxygen atoms in total. The number of hydrogen-bond donors (Lipinski definition) is 0. The van der Waals surface area contributed by atoms with E-state index in [0.717, 1.165) is 17.1 Å². The number of anilines is 3. The highest BCUT2D eigenvalue weighted by Gasteiger charge is 2.19. The van der Waals surface area contributed by atoms with Crippen LogP contribution in [0.15, 0.2) is 224 Å². The molecule has 272 valence electrons. The van der Waals surface area contributed by atoms with E-state index < -0.39 is 0 Å². The third kappa shape index (κ3) is 5.94. The van der Waals surface area contributed by atoms with Crippen molar-refractivity contribution in [2.24, 2.45) is 0 Å². The van der Waals surface area contributed by atoms with Gasteiger partial charge in [0.1, 0.15) is 0 Å². The van der Waals surface area contributed by atoms with E-state index in [1.54, 1.807) is 0 Å². The van der Waals surface area contributed by atoms with Crippen LogP contribution in [0.4, 0.5) is 17.1 Å². The monoisotopic (exact) mass is 755 g/mol. The summed E-state index contributed by atoms with van der Waals surface area (Å²) in [5, 5.41) is 7.65. The van der Waals surface area contributed by atoms with Gasteiger partial charge in [-0.25, -0.2) is 0 Å². The van der Waals surface area contributed by atoms with Crippen LogP contribution >= 0.6 is 11.3 Å². The van der Waals surface area contributed by atoms with E-state index in [4.69, 9.17) is 0 Å². The van der Waals surface area contributed by atoms with E-state index in [0.29, 0.717) is 0 Å². The maximum atomic E-state index is 2.41. The van der Waals surface area contributed by atoms with Crippen molar-refractivity contribution in [1.29, 1.82) is 0 Å². The number of rotatable bonds is 7. The first-order valence-electron chi connectivity index (χ1n) is 19.8. The van der Waals surface area contributed by atoms with Crippen molar-refractivity contribution in [3.05, 3.63) is 224 Å². The first-order chi connectivity index (χ1) is 28.8. The molecular weight excluding hydrogens is 719 g/mol. The predicted octanol–water partition coefficient (Wildman–Crippen LogP) is 16.5. The van der Waals surface area contributed by atoms with Crippen LogP contribution in [0.2, 0.25) is 0 Å². The lowest BCUT2D eigenvalue weighted by molar-refractivity contribution is 1.28. The molecule has 2 heteroatoms. The number of fused-ring (bicyclic) bond motifs is 5. The summed E-state index contributed by atoms with van der Waals surface area (Å²) in [4.78, 5) is 2.41. The lowest BCUT2D eigenvalue weighted by atomic mass is 9.95. The number of thiophene rings is 1. The number of benzene rings is 10. The van der Waals surface area contributed by atoms with E-state index in [9.17, 15) is 0 Å². The Morgan fingerprint density at radius 3 is 1.41 bits per heavy atom. The number of nitrogens with zero attached hydrogens (tertiary/aromatic N) is 1. The molecule has 0 saturated carbocycles. The largest absolute Gasteiger partial charge is 0.310 e. The van der Waals surface area contributed by atoms with Crippen LogP contribution in [0.3, 0.4) is 0 Å². The fourth-order valence-electron chi connectivity index (χ4n) is 8.71. The zero-order chi connectivity index (χ0) is 38.4. The minimum absolute atomic E-state index is 1.10. The van der Waals surface area contributed by atoms with Crippen molar-refractivity contribution < 1.29 is 0 Å². The molecule has 11 aromatic rings. The van der Waals surface area contributed by atoms with Crippen LogP contribution in [-0.4, -0.2) is 0 Å². The van der Waals surface area contributed by atoms with E-state index in [2.05, 4.69) is 229 Å². The SMILES string of the molecule is c1ccc(N(c2ccc(-c3ccc(-c4cccc5ccccc45)cc3)cc2)c2ccc(-c3cccc4sc5ccccc5c34)cc2)c(-c2cccc3ccccc23)c1. The van der Waals surface area contributed by atoms with E-state index in [-0.39, 0.29) is 0 Å². The molecule has 11 rings (SSSR count). The van der Waals surface area contributed by atoms with Gasteiger partial charge in [0.15, 0.2) is 0 Å². The first kappa shape index (κ1) is 34.0. The van der Waals surface area contributed by atoms with Crippen LogP contribution in [0.1, 0.15) is 0 Å². The molecule has 0 radical (unpaired) electrons. The first-order valence-corrected chi connectivity index (χ1v) is 20.7. The maximum Gasteiger partial charge on any atom is 0.0540 e. The Kier molecular flexibility index (Phi) is 8.42. The highest BCUT2D eigenvalue weighted by atomic mass is 32.1. The van der Waals surface area contributed by atoms with Gasteiger partial charge in [-0.2, -0.15) is 0 Å². The van der Waals surface area contributed by atoms with Gasteiger partial charge < -0.3 is 4.90 Å². The van der Waals surface area contributed by atoms with Crippen molar-refractivity contribution in [3.8, 4) is 44.5 Å². The highest BCUT2D eigenvalue weighted by Crippen LogP contribution is 2.45. The summed E-state index contributed by atoms with van der Waals surface area (Å²) in [6, 6.07) is 81.9. The summed E-state index contributed by atoms with van der Waals surface area (Å²) in [6.45, 7) is 0. The summed E-state index contributed by atoms with van der Waals surface area (Å²) in [5.74, 6) is 0. The molecule has 0 atom stereocenters. The molecule has 0 saturated heterocycles. The van der Waals surface area contributed by atoms with Crippen LogP contribution in [-0.2, 0) is 0 Å². The second-order valence-electron chi connectivity index (χ2n) is 14.9. The Morgan fingerprint density at radius 2 is 0.707 bits per heavy atom. The molecule has 0 aliphatic rings. The van der Waals surface area contributed by atoms with Crippen molar-refractivity contribution in [2.75, 3.05) is 4.90 Å². The molecule has 58 heavy (non-hydrogen) atoms.